The van der Waals surface area contributed by atoms with Crippen molar-refractivity contribution < 1.29 is 32.7 Å². The van der Waals surface area contributed by atoms with E-state index in [0.717, 1.165) is 102 Å². The Morgan fingerprint density at radius 3 is 2.48 bits per heavy atom. The van der Waals surface area contributed by atoms with Crippen LogP contribution in [0.4, 0.5) is 17.1 Å². The van der Waals surface area contributed by atoms with Crippen LogP contribution in [0.5, 0.6) is 11.5 Å². The van der Waals surface area contributed by atoms with E-state index < -0.39 is 37.0 Å². The minimum absolute atomic E-state index is 0.0235. The summed E-state index contributed by atoms with van der Waals surface area (Å²) in [5.74, 6) is 0.216. The zero-order valence-electron chi connectivity index (χ0n) is 39.7. The van der Waals surface area contributed by atoms with Crippen molar-refractivity contribution >= 4 is 44.0 Å². The molecule has 5 heterocycles. The van der Waals surface area contributed by atoms with E-state index in [-0.39, 0.29) is 28.3 Å². The summed E-state index contributed by atoms with van der Waals surface area (Å²) < 4.78 is 41.8. The highest BCUT2D eigenvalue weighted by Gasteiger charge is 2.50. The average Bonchev–Trinajstić information content (AvgIpc) is 3.78. The van der Waals surface area contributed by atoms with Crippen LogP contribution in [-0.4, -0.2) is 114 Å². The van der Waals surface area contributed by atoms with Crippen LogP contribution in [0.2, 0.25) is 0 Å². The number of fused-ring (bicyclic) bond motifs is 1. The summed E-state index contributed by atoms with van der Waals surface area (Å²) in [4.78, 5) is 40.5. The number of rotatable bonds is 14. The fraction of sp³-hybridized carbons (Fsp3) is 0.500. The van der Waals surface area contributed by atoms with E-state index >= 15 is 0 Å². The highest BCUT2D eigenvalue weighted by atomic mass is 32.2. The molecular weight excluding hydrogens is 897 g/mol. The number of hydrogen-bond donors (Lipinski definition) is 4. The van der Waals surface area contributed by atoms with E-state index in [4.69, 9.17) is 9.47 Å². The van der Waals surface area contributed by atoms with Crippen molar-refractivity contribution in [2.24, 2.45) is 11.3 Å². The van der Waals surface area contributed by atoms with Crippen LogP contribution in [0, 0.1) is 21.4 Å². The molecule has 10 rings (SSSR count). The van der Waals surface area contributed by atoms with Crippen molar-refractivity contribution in [3.8, 4) is 11.5 Å². The van der Waals surface area contributed by atoms with Crippen LogP contribution in [0.25, 0.3) is 11.0 Å². The van der Waals surface area contributed by atoms with Gasteiger partial charge in [-0.25, -0.2) is 18.1 Å². The number of pyridine rings is 1. The summed E-state index contributed by atoms with van der Waals surface area (Å²) in [6.07, 6.45) is 10.5. The number of hydrogen-bond acceptors (Lipinski definition) is 13. The molecule has 3 saturated heterocycles. The monoisotopic (exact) mass is 960 g/mol. The smallest absolute Gasteiger partial charge is 0.293 e. The van der Waals surface area contributed by atoms with Gasteiger partial charge in [0.05, 0.1) is 46.4 Å². The number of sulfonamides is 1. The molecule has 69 heavy (non-hydrogen) atoms. The summed E-state index contributed by atoms with van der Waals surface area (Å²) in [6, 6.07) is 22.8. The second-order valence-corrected chi connectivity index (χ2v) is 22.5. The maximum absolute atomic E-state index is 14.1. The summed E-state index contributed by atoms with van der Waals surface area (Å²) in [6.45, 7) is 13.3. The van der Waals surface area contributed by atoms with Gasteiger partial charge in [0, 0.05) is 80.8 Å². The van der Waals surface area contributed by atoms with Gasteiger partial charge in [0.25, 0.3) is 21.6 Å². The number of piperidine rings is 1. The molecule has 2 saturated carbocycles. The molecule has 0 unspecified atom stereocenters. The topological polar surface area (TPSA) is 195 Å². The SMILES string of the molecule is CC(C)c1ccccc1[C@H]1CN(C2COC2)CCN1C1CC2(CCN(c3ccc(C(=O)NS(=O)(=O)c4ccc(NC[C@H]5CC[C@](C)(O)CC5)c([N+](=O)[O-])c4)c(Oc4cnc5[nH]ccc5c4)c3)CC2)C1. The molecule has 17 heteroatoms. The van der Waals surface area contributed by atoms with Gasteiger partial charge in [0.15, 0.2) is 0 Å². The predicted molar refractivity (Wildman–Crippen MR) is 264 cm³/mol. The predicted octanol–water partition coefficient (Wildman–Crippen LogP) is 8.37. The first-order valence-electron chi connectivity index (χ1n) is 24.6. The number of nitrogens with one attached hydrogen (secondary N) is 3. The van der Waals surface area contributed by atoms with Gasteiger partial charge in [-0.1, -0.05) is 38.1 Å². The summed E-state index contributed by atoms with van der Waals surface area (Å²) in [5.41, 5.74) is 3.68. The second kappa shape index (κ2) is 19.0. The summed E-state index contributed by atoms with van der Waals surface area (Å²) in [7, 11) is -4.58. The lowest BCUT2D eigenvalue weighted by atomic mass is 9.59. The molecule has 3 aromatic carbocycles. The quantitative estimate of drug-likeness (QED) is 0.0613. The highest BCUT2D eigenvalue weighted by molar-refractivity contribution is 7.90. The number of amides is 1. The van der Waals surface area contributed by atoms with Crippen molar-refractivity contribution in [2.75, 3.05) is 62.7 Å². The Bertz CT molecular complexity index is 2800. The fourth-order valence-corrected chi connectivity index (χ4v) is 12.5. The Morgan fingerprint density at radius 1 is 0.986 bits per heavy atom. The van der Waals surface area contributed by atoms with Crippen molar-refractivity contribution in [3.05, 3.63) is 112 Å². The maximum atomic E-state index is 14.1. The van der Waals surface area contributed by atoms with Gasteiger partial charge in [-0.3, -0.25) is 24.7 Å². The first-order valence-corrected chi connectivity index (χ1v) is 26.1. The van der Waals surface area contributed by atoms with Gasteiger partial charge in [-0.2, -0.15) is 0 Å². The number of nitro benzene ring substituents is 1. The number of aromatic nitrogens is 2. The molecule has 5 aliphatic rings. The van der Waals surface area contributed by atoms with Crippen molar-refractivity contribution in [2.45, 2.75) is 107 Å². The zero-order valence-corrected chi connectivity index (χ0v) is 40.5. The number of benzene rings is 3. The minimum atomic E-state index is -4.58. The first kappa shape index (κ1) is 47.1. The van der Waals surface area contributed by atoms with Crippen molar-refractivity contribution in [1.82, 2.24) is 24.5 Å². The average molecular weight is 961 g/mol. The number of aliphatic hydroxyl groups is 1. The molecule has 0 radical (unpaired) electrons. The molecule has 1 spiro atoms. The van der Waals surface area contributed by atoms with E-state index in [1.807, 2.05) is 19.1 Å². The third-order valence-corrected chi connectivity index (χ3v) is 17.2. The van der Waals surface area contributed by atoms with Gasteiger partial charge < -0.3 is 29.8 Å². The van der Waals surface area contributed by atoms with Crippen molar-refractivity contribution in [3.63, 3.8) is 0 Å². The molecule has 5 aromatic rings. The number of piperazine rings is 1. The number of carbonyl (C=O) groups excluding carboxylic acids is 1. The Balaban J connectivity index is 0.836. The Labute approximate surface area is 404 Å². The molecule has 1 atom stereocenters. The second-order valence-electron chi connectivity index (χ2n) is 20.8. The van der Waals surface area contributed by atoms with Crippen LogP contribution in [-0.2, 0) is 14.8 Å². The number of nitro groups is 1. The minimum Gasteiger partial charge on any atom is -0.455 e. The number of nitrogens with zero attached hydrogens (tertiary/aromatic N) is 5. The zero-order chi connectivity index (χ0) is 48.1. The highest BCUT2D eigenvalue weighted by Crippen LogP contribution is 2.53. The number of anilines is 2. The van der Waals surface area contributed by atoms with E-state index in [1.165, 1.54) is 23.3 Å². The maximum Gasteiger partial charge on any atom is 0.293 e. The Hall–Kier alpha value is -5.59. The number of carbonyl (C=O) groups is 1. The van der Waals surface area contributed by atoms with E-state index in [0.29, 0.717) is 54.8 Å². The molecule has 16 nitrogen and oxygen atoms in total. The van der Waals surface area contributed by atoms with E-state index in [9.17, 15) is 28.4 Å². The van der Waals surface area contributed by atoms with Gasteiger partial charge in [0.1, 0.15) is 22.8 Å². The number of H-pyrrole nitrogens is 1. The molecular formula is C52H64N8O8S. The number of ether oxygens (including phenoxy) is 2. The van der Waals surface area contributed by atoms with E-state index in [1.54, 1.807) is 30.6 Å². The van der Waals surface area contributed by atoms with Crippen molar-refractivity contribution in [1.29, 1.82) is 0 Å². The first-order chi connectivity index (χ1) is 33.1. The summed E-state index contributed by atoms with van der Waals surface area (Å²) in [5, 5.41) is 26.5. The molecule has 4 N–H and O–H groups in total. The Kier molecular flexibility index (Phi) is 12.9. The lowest BCUT2D eigenvalue weighted by molar-refractivity contribution is -0.384. The Morgan fingerprint density at radius 2 is 1.75 bits per heavy atom. The van der Waals surface area contributed by atoms with Crippen LogP contribution < -0.4 is 19.7 Å². The van der Waals surface area contributed by atoms with Gasteiger partial charge in [0.2, 0.25) is 0 Å². The van der Waals surface area contributed by atoms with Gasteiger partial charge in [-0.15, -0.1) is 0 Å². The lowest BCUT2D eigenvalue weighted by Crippen LogP contribution is -2.62. The molecule has 1 amide bonds. The standard InChI is InChI=1S/C52H64N8O8S/c1-34(2)42-6-4-5-7-43(42)47-31-58(39-32-67-33-39)22-23-59(47)38-27-52(28-38)17-20-57(21-18-52)37-8-10-44(48(25-37)68-40-24-36-14-19-53-49(36)55-30-40)50(61)56-69(65,66)41-9-11-45(46(26-41)60(63)64)54-29-35-12-15-51(3,62)16-13-35/h4-11,14,19,24-26,30,34-35,38-39,47,54,62H,12-13,15-18,20-23,27-29,31-33H2,1-3H3,(H,53,55)(H,56,61)/t35-,47-,51-/m1/s1. The molecule has 0 bridgehead atoms. The molecule has 5 fully saturated rings. The lowest BCUT2D eigenvalue weighted by Gasteiger charge is -2.59. The van der Waals surface area contributed by atoms with Gasteiger partial charge >= 0.3 is 0 Å². The van der Waals surface area contributed by atoms with Crippen LogP contribution in [0.3, 0.4) is 0 Å². The van der Waals surface area contributed by atoms with Gasteiger partial charge in [-0.05, 0) is 123 Å². The summed E-state index contributed by atoms with van der Waals surface area (Å²) >= 11 is 0. The molecule has 3 aliphatic heterocycles. The van der Waals surface area contributed by atoms with E-state index in [2.05, 4.69) is 72.8 Å². The van der Waals surface area contributed by atoms with Crippen LogP contribution >= 0.6 is 0 Å². The van der Waals surface area contributed by atoms with Crippen LogP contribution in [0.15, 0.2) is 90.1 Å². The third kappa shape index (κ3) is 9.93. The molecule has 366 valence electrons. The third-order valence-electron chi connectivity index (χ3n) is 15.8. The van der Waals surface area contributed by atoms with Crippen LogP contribution in [0.1, 0.15) is 106 Å². The molecule has 2 aromatic heterocycles. The fourth-order valence-electron chi connectivity index (χ4n) is 11.5. The molecule has 2 aliphatic carbocycles. The number of aromatic amines is 1. The largest absolute Gasteiger partial charge is 0.455 e. The normalized spacial score (nSPS) is 23.7.